The number of halogens is 1. The van der Waals surface area contributed by atoms with Crippen LogP contribution in [0.1, 0.15) is 42.0 Å². The molecular formula is C22H24FNO2. The summed E-state index contributed by atoms with van der Waals surface area (Å²) in [5, 5.41) is 0.977. The average Bonchev–Trinajstić information content (AvgIpc) is 2.55. The lowest BCUT2D eigenvalue weighted by molar-refractivity contribution is 0.319. The van der Waals surface area contributed by atoms with Crippen LogP contribution in [-0.2, 0) is 13.1 Å². The van der Waals surface area contributed by atoms with Gasteiger partial charge in [0.1, 0.15) is 11.4 Å². The third-order valence-electron chi connectivity index (χ3n) is 4.64. The van der Waals surface area contributed by atoms with E-state index in [1.807, 2.05) is 20.0 Å². The summed E-state index contributed by atoms with van der Waals surface area (Å²) in [6, 6.07) is 12.2. The molecule has 3 rings (SSSR count). The van der Waals surface area contributed by atoms with E-state index < -0.39 is 0 Å². The molecule has 0 N–H and O–H groups in total. The molecule has 1 aromatic heterocycles. The fraction of sp³-hybridized carbons (Fsp3) is 0.318. The first-order valence-electron chi connectivity index (χ1n) is 8.83. The molecule has 0 saturated heterocycles. The molecule has 3 aromatic rings. The summed E-state index contributed by atoms with van der Waals surface area (Å²) in [6.07, 6.45) is 0. The van der Waals surface area contributed by atoms with Gasteiger partial charge in [-0.2, -0.15) is 0 Å². The van der Waals surface area contributed by atoms with Crippen LogP contribution in [0.25, 0.3) is 11.0 Å². The van der Waals surface area contributed by atoms with Crippen molar-refractivity contribution in [2.45, 2.75) is 39.8 Å². The summed E-state index contributed by atoms with van der Waals surface area (Å²) in [5.74, 6) is 0.163. The van der Waals surface area contributed by atoms with Crippen LogP contribution in [0, 0.1) is 12.7 Å². The zero-order valence-electron chi connectivity index (χ0n) is 15.7. The molecule has 4 heteroatoms. The van der Waals surface area contributed by atoms with Crippen molar-refractivity contribution < 1.29 is 8.81 Å². The van der Waals surface area contributed by atoms with Crippen LogP contribution in [0.2, 0.25) is 0 Å². The van der Waals surface area contributed by atoms with E-state index in [9.17, 15) is 9.18 Å². The highest BCUT2D eigenvalue weighted by Crippen LogP contribution is 2.27. The molecular weight excluding hydrogens is 329 g/mol. The summed E-state index contributed by atoms with van der Waals surface area (Å²) in [6.45, 7) is 7.65. The molecule has 136 valence electrons. The molecule has 0 aliphatic heterocycles. The molecule has 2 aromatic carbocycles. The number of hydrogen-bond donors (Lipinski definition) is 0. The van der Waals surface area contributed by atoms with Gasteiger partial charge in [0.15, 0.2) is 0 Å². The van der Waals surface area contributed by atoms with Gasteiger partial charge in [-0.25, -0.2) is 9.18 Å². The van der Waals surface area contributed by atoms with Crippen molar-refractivity contribution in [1.82, 2.24) is 4.90 Å². The van der Waals surface area contributed by atoms with Crippen molar-refractivity contribution in [2.24, 2.45) is 0 Å². The molecule has 0 fully saturated rings. The normalized spacial score (nSPS) is 11.7. The Kier molecular flexibility index (Phi) is 5.23. The minimum atomic E-state index is -0.334. The zero-order chi connectivity index (χ0) is 18.8. The largest absolute Gasteiger partial charge is 0.423 e. The van der Waals surface area contributed by atoms with E-state index in [2.05, 4.69) is 24.8 Å². The fourth-order valence-corrected chi connectivity index (χ4v) is 3.39. The Morgan fingerprint density at radius 1 is 1.08 bits per heavy atom. The zero-order valence-corrected chi connectivity index (χ0v) is 15.7. The lowest BCUT2D eigenvalue weighted by atomic mass is 9.95. The van der Waals surface area contributed by atoms with Crippen LogP contribution < -0.4 is 5.63 Å². The quantitative estimate of drug-likeness (QED) is 0.606. The molecule has 0 saturated carbocycles. The average molecular weight is 353 g/mol. The van der Waals surface area contributed by atoms with Gasteiger partial charge in [0.25, 0.3) is 0 Å². The Morgan fingerprint density at radius 3 is 2.42 bits per heavy atom. The number of aryl methyl sites for hydroxylation is 1. The molecule has 3 nitrogen and oxygen atoms in total. The Balaban J connectivity index is 1.94. The van der Waals surface area contributed by atoms with Gasteiger partial charge in [0.05, 0.1) is 0 Å². The predicted octanol–water partition coefficient (Wildman–Crippen LogP) is 5.00. The van der Waals surface area contributed by atoms with Crippen LogP contribution in [0.4, 0.5) is 4.39 Å². The van der Waals surface area contributed by atoms with E-state index in [0.717, 1.165) is 22.1 Å². The molecule has 0 aliphatic rings. The maximum Gasteiger partial charge on any atom is 0.336 e. The van der Waals surface area contributed by atoms with Gasteiger partial charge >= 0.3 is 5.63 Å². The molecule has 0 atom stereocenters. The first-order valence-corrected chi connectivity index (χ1v) is 8.83. The van der Waals surface area contributed by atoms with E-state index in [-0.39, 0.29) is 11.4 Å². The highest BCUT2D eigenvalue weighted by atomic mass is 19.1. The van der Waals surface area contributed by atoms with Crippen molar-refractivity contribution >= 4 is 11.0 Å². The number of hydrogen-bond acceptors (Lipinski definition) is 3. The van der Waals surface area contributed by atoms with E-state index >= 15 is 0 Å². The summed E-state index contributed by atoms with van der Waals surface area (Å²) in [4.78, 5) is 14.1. The summed E-state index contributed by atoms with van der Waals surface area (Å²) >= 11 is 0. The first-order chi connectivity index (χ1) is 12.3. The third-order valence-corrected chi connectivity index (χ3v) is 4.64. The number of benzene rings is 2. The lowest BCUT2D eigenvalue weighted by Gasteiger charge is -2.19. The highest BCUT2D eigenvalue weighted by molar-refractivity contribution is 5.82. The van der Waals surface area contributed by atoms with Gasteiger partial charge in [0.2, 0.25) is 0 Å². The molecule has 0 radical (unpaired) electrons. The molecule has 1 heterocycles. The summed E-state index contributed by atoms with van der Waals surface area (Å²) in [5.41, 5.74) is 4.66. The minimum absolute atomic E-state index is 0.236. The maximum atomic E-state index is 13.1. The Labute approximate surface area is 153 Å². The van der Waals surface area contributed by atoms with E-state index in [0.29, 0.717) is 24.6 Å². The maximum absolute atomic E-state index is 13.1. The fourth-order valence-electron chi connectivity index (χ4n) is 3.39. The van der Waals surface area contributed by atoms with Gasteiger partial charge in [-0.3, -0.25) is 4.90 Å². The van der Waals surface area contributed by atoms with Crippen molar-refractivity contribution in [3.63, 3.8) is 0 Å². The summed E-state index contributed by atoms with van der Waals surface area (Å²) in [7, 11) is 1.99. The van der Waals surface area contributed by atoms with Crippen LogP contribution in [-0.4, -0.2) is 11.9 Å². The molecule has 0 spiro atoms. The standard InChI is InChI=1S/C22H24FNO2/c1-14(2)19-11-20-17(10-22(25)26-21(20)9-15(19)3)13-24(4)12-16-5-7-18(23)8-6-16/h5-11,14H,12-13H2,1-4H3. The predicted molar refractivity (Wildman–Crippen MR) is 103 cm³/mol. The van der Waals surface area contributed by atoms with Crippen LogP contribution in [0.15, 0.2) is 51.7 Å². The highest BCUT2D eigenvalue weighted by Gasteiger charge is 2.13. The lowest BCUT2D eigenvalue weighted by Crippen LogP contribution is -2.18. The Bertz CT molecular complexity index is 974. The van der Waals surface area contributed by atoms with Gasteiger partial charge in [-0.05, 0) is 66.4 Å². The van der Waals surface area contributed by atoms with Crippen LogP contribution >= 0.6 is 0 Å². The van der Waals surface area contributed by atoms with Gasteiger partial charge in [-0.15, -0.1) is 0 Å². The van der Waals surface area contributed by atoms with Crippen LogP contribution in [0.5, 0.6) is 0 Å². The second-order valence-electron chi connectivity index (χ2n) is 7.25. The van der Waals surface area contributed by atoms with Crippen molar-refractivity contribution in [1.29, 1.82) is 0 Å². The van der Waals surface area contributed by atoms with E-state index in [4.69, 9.17) is 4.42 Å². The van der Waals surface area contributed by atoms with Gasteiger partial charge in [-0.1, -0.05) is 26.0 Å². The Hall–Kier alpha value is -2.46. The number of rotatable bonds is 5. The van der Waals surface area contributed by atoms with Crippen molar-refractivity contribution in [3.05, 3.63) is 81.0 Å². The van der Waals surface area contributed by atoms with Crippen molar-refractivity contribution in [3.8, 4) is 0 Å². The second-order valence-corrected chi connectivity index (χ2v) is 7.25. The first kappa shape index (κ1) is 18.3. The SMILES string of the molecule is Cc1cc2oc(=O)cc(CN(C)Cc3ccc(F)cc3)c2cc1C(C)C. The van der Waals surface area contributed by atoms with E-state index in [1.54, 1.807) is 18.2 Å². The number of nitrogens with zero attached hydrogens (tertiary/aromatic N) is 1. The van der Waals surface area contributed by atoms with Crippen LogP contribution in [0.3, 0.4) is 0 Å². The third kappa shape index (κ3) is 4.02. The number of fused-ring (bicyclic) bond motifs is 1. The smallest absolute Gasteiger partial charge is 0.336 e. The van der Waals surface area contributed by atoms with E-state index in [1.165, 1.54) is 17.7 Å². The van der Waals surface area contributed by atoms with Gasteiger partial charge < -0.3 is 4.42 Å². The van der Waals surface area contributed by atoms with Gasteiger partial charge in [0, 0.05) is 24.5 Å². The molecule has 0 amide bonds. The second kappa shape index (κ2) is 7.42. The van der Waals surface area contributed by atoms with Crippen molar-refractivity contribution in [2.75, 3.05) is 7.05 Å². The minimum Gasteiger partial charge on any atom is -0.423 e. The topological polar surface area (TPSA) is 33.5 Å². The molecule has 0 unspecified atom stereocenters. The Morgan fingerprint density at radius 2 is 1.77 bits per heavy atom. The monoisotopic (exact) mass is 353 g/mol. The molecule has 0 bridgehead atoms. The summed E-state index contributed by atoms with van der Waals surface area (Å²) < 4.78 is 18.5. The molecule has 0 aliphatic carbocycles. The molecule has 26 heavy (non-hydrogen) atoms.